The van der Waals surface area contributed by atoms with Gasteiger partial charge in [0.1, 0.15) is 5.69 Å². The van der Waals surface area contributed by atoms with E-state index < -0.39 is 6.04 Å². The highest BCUT2D eigenvalue weighted by Gasteiger charge is 2.18. The van der Waals surface area contributed by atoms with Crippen molar-refractivity contribution in [3.05, 3.63) is 53.1 Å². The third kappa shape index (κ3) is 2.99. The molecule has 0 fully saturated rings. The number of amides is 1. The topological polar surface area (TPSA) is 96.7 Å². The van der Waals surface area contributed by atoms with E-state index in [1.807, 2.05) is 0 Å². The second kappa shape index (κ2) is 5.98. The molecule has 0 aliphatic rings. The van der Waals surface area contributed by atoms with E-state index in [2.05, 4.69) is 25.7 Å². The van der Waals surface area contributed by atoms with Crippen LogP contribution in [0.2, 0.25) is 5.02 Å². The monoisotopic (exact) mass is 317 g/mol. The fourth-order valence-electron chi connectivity index (χ4n) is 1.84. The van der Waals surface area contributed by atoms with E-state index in [1.165, 1.54) is 6.20 Å². The second-order valence-corrected chi connectivity index (χ2v) is 5.07. The lowest BCUT2D eigenvalue weighted by Crippen LogP contribution is -2.27. The Hall–Kier alpha value is -2.67. The number of aromatic amines is 1. The molecule has 2 heterocycles. The molecule has 0 aliphatic heterocycles. The summed E-state index contributed by atoms with van der Waals surface area (Å²) < 4.78 is 5.21. The number of aromatic nitrogens is 4. The van der Waals surface area contributed by atoms with Crippen LogP contribution in [0, 0.1) is 0 Å². The van der Waals surface area contributed by atoms with Gasteiger partial charge in [-0.3, -0.25) is 9.89 Å². The van der Waals surface area contributed by atoms with Gasteiger partial charge in [-0.05, 0) is 37.3 Å². The van der Waals surface area contributed by atoms with Crippen LogP contribution in [0.15, 0.2) is 41.1 Å². The van der Waals surface area contributed by atoms with E-state index in [9.17, 15) is 4.79 Å². The van der Waals surface area contributed by atoms with Crippen molar-refractivity contribution in [3.8, 4) is 11.5 Å². The van der Waals surface area contributed by atoms with Crippen LogP contribution in [0.5, 0.6) is 0 Å². The standard InChI is InChI=1S/C14H12ClN5O2/c1-8(17-13(21)11-6-7-16-19-11)12-18-14(22-20-12)9-2-4-10(15)5-3-9/h2-8H,1H3,(H,16,19)(H,17,21). The molecule has 22 heavy (non-hydrogen) atoms. The van der Waals surface area contributed by atoms with Crippen molar-refractivity contribution in [3.63, 3.8) is 0 Å². The van der Waals surface area contributed by atoms with Gasteiger partial charge in [-0.2, -0.15) is 10.1 Å². The fourth-order valence-corrected chi connectivity index (χ4v) is 1.97. The Kier molecular flexibility index (Phi) is 3.88. The summed E-state index contributed by atoms with van der Waals surface area (Å²) in [5, 5.41) is 13.6. The number of carbonyl (C=O) groups excluding carboxylic acids is 1. The van der Waals surface area contributed by atoms with Gasteiger partial charge in [0.05, 0.1) is 6.04 Å². The lowest BCUT2D eigenvalue weighted by molar-refractivity contribution is 0.0933. The number of H-pyrrole nitrogens is 1. The molecular formula is C14H12ClN5O2. The van der Waals surface area contributed by atoms with E-state index in [0.29, 0.717) is 22.4 Å². The molecule has 1 unspecified atom stereocenters. The molecule has 0 bridgehead atoms. The molecule has 0 radical (unpaired) electrons. The number of carbonyl (C=O) groups is 1. The number of nitrogens with zero attached hydrogens (tertiary/aromatic N) is 3. The largest absolute Gasteiger partial charge is 0.341 e. The molecule has 112 valence electrons. The minimum absolute atomic E-state index is 0.289. The van der Waals surface area contributed by atoms with E-state index in [0.717, 1.165) is 5.56 Å². The Bertz CT molecular complexity index is 767. The second-order valence-electron chi connectivity index (χ2n) is 4.63. The third-order valence-electron chi connectivity index (χ3n) is 3.01. The van der Waals surface area contributed by atoms with Crippen LogP contribution < -0.4 is 5.32 Å². The molecular weight excluding hydrogens is 306 g/mol. The highest BCUT2D eigenvalue weighted by molar-refractivity contribution is 6.30. The molecule has 1 atom stereocenters. The van der Waals surface area contributed by atoms with Crippen LogP contribution in [0.4, 0.5) is 0 Å². The molecule has 2 aromatic heterocycles. The SMILES string of the molecule is CC(NC(=O)c1ccn[nH]1)c1noc(-c2ccc(Cl)cc2)n1. The summed E-state index contributed by atoms with van der Waals surface area (Å²) in [6.07, 6.45) is 1.51. The zero-order chi connectivity index (χ0) is 15.5. The van der Waals surface area contributed by atoms with Crippen molar-refractivity contribution >= 4 is 17.5 Å². The van der Waals surface area contributed by atoms with Crippen LogP contribution in [-0.4, -0.2) is 26.2 Å². The maximum atomic E-state index is 11.9. The van der Waals surface area contributed by atoms with Crippen LogP contribution >= 0.6 is 11.6 Å². The van der Waals surface area contributed by atoms with E-state index in [1.54, 1.807) is 37.3 Å². The summed E-state index contributed by atoms with van der Waals surface area (Å²) in [7, 11) is 0. The van der Waals surface area contributed by atoms with Crippen molar-refractivity contribution in [2.24, 2.45) is 0 Å². The average Bonchev–Trinajstić information content (AvgIpc) is 3.20. The Balaban J connectivity index is 1.73. The number of benzene rings is 1. The predicted molar refractivity (Wildman–Crippen MR) is 79.2 cm³/mol. The van der Waals surface area contributed by atoms with E-state index in [-0.39, 0.29) is 5.91 Å². The third-order valence-corrected chi connectivity index (χ3v) is 3.27. The van der Waals surface area contributed by atoms with Gasteiger partial charge in [0, 0.05) is 16.8 Å². The number of rotatable bonds is 4. The first-order valence-corrected chi connectivity index (χ1v) is 6.91. The summed E-state index contributed by atoms with van der Waals surface area (Å²) in [5.41, 5.74) is 1.13. The normalized spacial score (nSPS) is 12.1. The number of hydrogen-bond donors (Lipinski definition) is 2. The summed E-state index contributed by atoms with van der Waals surface area (Å²) in [6, 6.07) is 8.23. The predicted octanol–water partition coefficient (Wildman–Crippen LogP) is 2.60. The minimum atomic E-state index is -0.402. The van der Waals surface area contributed by atoms with Crippen LogP contribution in [0.25, 0.3) is 11.5 Å². The van der Waals surface area contributed by atoms with Gasteiger partial charge in [-0.1, -0.05) is 16.8 Å². The Morgan fingerprint density at radius 1 is 1.32 bits per heavy atom. The molecule has 2 N–H and O–H groups in total. The highest BCUT2D eigenvalue weighted by Crippen LogP contribution is 2.21. The summed E-state index contributed by atoms with van der Waals surface area (Å²) in [6.45, 7) is 1.77. The van der Waals surface area contributed by atoms with Gasteiger partial charge < -0.3 is 9.84 Å². The maximum absolute atomic E-state index is 11.9. The van der Waals surface area contributed by atoms with Crippen molar-refractivity contribution in [1.29, 1.82) is 0 Å². The van der Waals surface area contributed by atoms with Crippen molar-refractivity contribution in [2.75, 3.05) is 0 Å². The molecule has 0 spiro atoms. The number of halogens is 1. The molecule has 1 amide bonds. The van der Waals surface area contributed by atoms with Gasteiger partial charge in [-0.25, -0.2) is 0 Å². The fraction of sp³-hybridized carbons (Fsp3) is 0.143. The Morgan fingerprint density at radius 3 is 2.77 bits per heavy atom. The summed E-state index contributed by atoms with van der Waals surface area (Å²) >= 11 is 5.84. The molecule has 1 aromatic carbocycles. The van der Waals surface area contributed by atoms with Gasteiger partial charge in [-0.15, -0.1) is 0 Å². The van der Waals surface area contributed by atoms with Crippen molar-refractivity contribution in [1.82, 2.24) is 25.7 Å². The Labute approximate surface area is 130 Å². The van der Waals surface area contributed by atoms with Gasteiger partial charge >= 0.3 is 0 Å². The summed E-state index contributed by atoms with van der Waals surface area (Å²) in [5.74, 6) is 0.468. The first kappa shape index (κ1) is 14.3. The molecule has 0 saturated carbocycles. The molecule has 3 rings (SSSR count). The molecule has 0 saturated heterocycles. The highest BCUT2D eigenvalue weighted by atomic mass is 35.5. The van der Waals surface area contributed by atoms with Crippen LogP contribution in [-0.2, 0) is 0 Å². The average molecular weight is 318 g/mol. The van der Waals surface area contributed by atoms with Gasteiger partial charge in [0.15, 0.2) is 5.82 Å². The smallest absolute Gasteiger partial charge is 0.269 e. The lowest BCUT2D eigenvalue weighted by atomic mass is 10.2. The quantitative estimate of drug-likeness (QED) is 0.771. The minimum Gasteiger partial charge on any atom is -0.341 e. The molecule has 8 heteroatoms. The first-order valence-electron chi connectivity index (χ1n) is 6.53. The zero-order valence-corrected chi connectivity index (χ0v) is 12.3. The van der Waals surface area contributed by atoms with Crippen LogP contribution in [0.1, 0.15) is 29.3 Å². The molecule has 3 aromatic rings. The first-order chi connectivity index (χ1) is 10.6. The summed E-state index contributed by atoms with van der Waals surface area (Å²) in [4.78, 5) is 16.2. The van der Waals surface area contributed by atoms with Crippen molar-refractivity contribution in [2.45, 2.75) is 13.0 Å². The van der Waals surface area contributed by atoms with Gasteiger partial charge in [0.2, 0.25) is 0 Å². The number of hydrogen-bond acceptors (Lipinski definition) is 5. The van der Waals surface area contributed by atoms with Crippen molar-refractivity contribution < 1.29 is 9.32 Å². The molecule has 0 aliphatic carbocycles. The van der Waals surface area contributed by atoms with Crippen LogP contribution in [0.3, 0.4) is 0 Å². The van der Waals surface area contributed by atoms with E-state index in [4.69, 9.17) is 16.1 Å². The molecule has 7 nitrogen and oxygen atoms in total. The van der Waals surface area contributed by atoms with Gasteiger partial charge in [0.25, 0.3) is 11.8 Å². The lowest BCUT2D eigenvalue weighted by Gasteiger charge is -2.08. The van der Waals surface area contributed by atoms with E-state index >= 15 is 0 Å². The maximum Gasteiger partial charge on any atom is 0.269 e. The number of nitrogens with one attached hydrogen (secondary N) is 2. The Morgan fingerprint density at radius 2 is 2.09 bits per heavy atom. The zero-order valence-electron chi connectivity index (χ0n) is 11.6.